The van der Waals surface area contributed by atoms with E-state index >= 15 is 0 Å². The number of carbonyl (C=O) groups is 2. The first-order valence-corrected chi connectivity index (χ1v) is 8.44. The SMILES string of the molecule is COc1ccc(C(=O)NCCCN(C)C)cc1NC(=O)Nc1cnccn1. The maximum Gasteiger partial charge on any atom is 0.324 e. The second-order valence-electron chi connectivity index (χ2n) is 6.00. The number of hydrogen-bond donors (Lipinski definition) is 3. The Kier molecular flexibility index (Phi) is 7.50. The summed E-state index contributed by atoms with van der Waals surface area (Å²) >= 11 is 0. The van der Waals surface area contributed by atoms with Crippen LogP contribution in [0.5, 0.6) is 5.75 Å². The van der Waals surface area contributed by atoms with Crippen LogP contribution in [0, 0.1) is 0 Å². The van der Waals surface area contributed by atoms with Gasteiger partial charge >= 0.3 is 6.03 Å². The normalized spacial score (nSPS) is 10.4. The third kappa shape index (κ3) is 6.55. The predicted octanol–water partition coefficient (Wildman–Crippen LogP) is 1.81. The number of aromatic nitrogens is 2. The highest BCUT2D eigenvalue weighted by Gasteiger charge is 2.13. The lowest BCUT2D eigenvalue weighted by molar-refractivity contribution is 0.0952. The first-order chi connectivity index (χ1) is 13.0. The summed E-state index contributed by atoms with van der Waals surface area (Å²) in [6.07, 6.45) is 5.25. The molecular weight excluding hydrogens is 348 g/mol. The molecule has 0 radical (unpaired) electrons. The molecule has 9 nitrogen and oxygen atoms in total. The van der Waals surface area contributed by atoms with Crippen LogP contribution in [0.2, 0.25) is 0 Å². The van der Waals surface area contributed by atoms with Crippen molar-refractivity contribution >= 4 is 23.4 Å². The van der Waals surface area contributed by atoms with Crippen LogP contribution in [0.15, 0.2) is 36.8 Å². The van der Waals surface area contributed by atoms with Crippen molar-refractivity contribution in [3.63, 3.8) is 0 Å². The minimum Gasteiger partial charge on any atom is -0.495 e. The Morgan fingerprint density at radius 3 is 2.67 bits per heavy atom. The first-order valence-electron chi connectivity index (χ1n) is 8.44. The molecule has 0 unspecified atom stereocenters. The summed E-state index contributed by atoms with van der Waals surface area (Å²) in [6, 6.07) is 4.33. The van der Waals surface area contributed by atoms with E-state index in [2.05, 4.69) is 30.8 Å². The molecule has 2 rings (SSSR count). The molecule has 0 saturated heterocycles. The van der Waals surface area contributed by atoms with Crippen LogP contribution in [0.1, 0.15) is 16.8 Å². The summed E-state index contributed by atoms with van der Waals surface area (Å²) in [5.74, 6) is 0.533. The van der Waals surface area contributed by atoms with E-state index in [0.717, 1.165) is 13.0 Å². The number of nitrogens with zero attached hydrogens (tertiary/aromatic N) is 3. The van der Waals surface area contributed by atoms with E-state index in [9.17, 15) is 9.59 Å². The lowest BCUT2D eigenvalue weighted by Gasteiger charge is -2.13. The first kappa shape index (κ1) is 20.1. The molecule has 144 valence electrons. The molecule has 27 heavy (non-hydrogen) atoms. The van der Waals surface area contributed by atoms with E-state index in [-0.39, 0.29) is 5.91 Å². The zero-order valence-electron chi connectivity index (χ0n) is 15.7. The molecule has 0 aliphatic heterocycles. The zero-order valence-corrected chi connectivity index (χ0v) is 15.7. The lowest BCUT2D eigenvalue weighted by atomic mass is 10.1. The van der Waals surface area contributed by atoms with E-state index in [4.69, 9.17) is 4.74 Å². The fourth-order valence-electron chi connectivity index (χ4n) is 2.28. The Labute approximate surface area is 158 Å². The molecule has 9 heteroatoms. The molecule has 0 fully saturated rings. The number of carbonyl (C=O) groups excluding carboxylic acids is 2. The molecule has 3 amide bonds. The largest absolute Gasteiger partial charge is 0.495 e. The van der Waals surface area contributed by atoms with Gasteiger partial charge in [0.2, 0.25) is 0 Å². The number of hydrogen-bond acceptors (Lipinski definition) is 6. The molecule has 0 bridgehead atoms. The van der Waals surface area contributed by atoms with E-state index in [1.807, 2.05) is 14.1 Å². The van der Waals surface area contributed by atoms with Gasteiger partial charge in [-0.15, -0.1) is 0 Å². The van der Waals surface area contributed by atoms with Crippen molar-refractivity contribution in [3.05, 3.63) is 42.4 Å². The number of nitrogens with one attached hydrogen (secondary N) is 3. The maximum absolute atomic E-state index is 12.3. The van der Waals surface area contributed by atoms with Crippen molar-refractivity contribution < 1.29 is 14.3 Å². The van der Waals surface area contributed by atoms with Crippen LogP contribution in [0.4, 0.5) is 16.3 Å². The van der Waals surface area contributed by atoms with Gasteiger partial charge < -0.3 is 20.3 Å². The summed E-state index contributed by atoms with van der Waals surface area (Å²) in [5.41, 5.74) is 0.801. The minimum atomic E-state index is -0.516. The number of ether oxygens (including phenoxy) is 1. The van der Waals surface area contributed by atoms with Crippen LogP contribution in [-0.2, 0) is 0 Å². The molecule has 0 atom stereocenters. The fraction of sp³-hybridized carbons (Fsp3) is 0.333. The average Bonchev–Trinajstić information content (AvgIpc) is 2.65. The van der Waals surface area contributed by atoms with Gasteiger partial charge in [-0.05, 0) is 45.3 Å². The zero-order chi connectivity index (χ0) is 19.6. The Bertz CT molecular complexity index is 767. The van der Waals surface area contributed by atoms with Crippen LogP contribution in [0.3, 0.4) is 0 Å². The molecule has 3 N–H and O–H groups in total. The van der Waals surface area contributed by atoms with Gasteiger partial charge in [0, 0.05) is 24.5 Å². The third-order valence-electron chi connectivity index (χ3n) is 3.58. The van der Waals surface area contributed by atoms with Gasteiger partial charge in [0.1, 0.15) is 5.75 Å². The molecule has 0 aliphatic rings. The van der Waals surface area contributed by atoms with Gasteiger partial charge in [-0.25, -0.2) is 9.78 Å². The molecule has 0 spiro atoms. The predicted molar refractivity (Wildman–Crippen MR) is 103 cm³/mol. The second-order valence-corrected chi connectivity index (χ2v) is 6.00. The summed E-state index contributed by atoms with van der Waals surface area (Å²) in [4.78, 5) is 34.4. The topological polar surface area (TPSA) is 108 Å². The van der Waals surface area contributed by atoms with Crippen molar-refractivity contribution in [3.8, 4) is 5.75 Å². The number of rotatable bonds is 8. The summed E-state index contributed by atoms with van der Waals surface area (Å²) < 4.78 is 5.25. The highest BCUT2D eigenvalue weighted by Crippen LogP contribution is 2.25. The van der Waals surface area contributed by atoms with Crippen LogP contribution >= 0.6 is 0 Å². The van der Waals surface area contributed by atoms with Gasteiger partial charge in [-0.2, -0.15) is 0 Å². The highest BCUT2D eigenvalue weighted by atomic mass is 16.5. The molecule has 0 aliphatic carbocycles. The average molecular weight is 372 g/mol. The Morgan fingerprint density at radius 2 is 2.00 bits per heavy atom. The van der Waals surface area contributed by atoms with Crippen molar-refractivity contribution in [2.45, 2.75) is 6.42 Å². The van der Waals surface area contributed by atoms with E-state index in [1.165, 1.54) is 25.7 Å². The van der Waals surface area contributed by atoms with E-state index in [0.29, 0.717) is 29.4 Å². The number of benzene rings is 1. The second kappa shape index (κ2) is 10.1. The van der Waals surface area contributed by atoms with Crippen LogP contribution in [0.25, 0.3) is 0 Å². The minimum absolute atomic E-state index is 0.214. The standard InChI is InChI=1S/C18H24N6O3/c1-24(2)10-4-7-21-17(25)13-5-6-15(27-3)14(11-13)22-18(26)23-16-12-19-8-9-20-16/h5-6,8-9,11-12H,4,7,10H2,1-3H3,(H,21,25)(H2,20,22,23,26). The van der Waals surface area contributed by atoms with Crippen molar-refractivity contribution in [2.75, 3.05) is 44.9 Å². The van der Waals surface area contributed by atoms with Gasteiger partial charge in [0.25, 0.3) is 5.91 Å². The summed E-state index contributed by atoms with van der Waals surface area (Å²) in [6.45, 7) is 1.46. The molecule has 0 saturated carbocycles. The maximum atomic E-state index is 12.3. The van der Waals surface area contributed by atoms with Gasteiger partial charge in [-0.1, -0.05) is 0 Å². The van der Waals surface area contributed by atoms with E-state index < -0.39 is 6.03 Å². The van der Waals surface area contributed by atoms with Gasteiger partial charge in [0.15, 0.2) is 5.82 Å². The molecule has 1 aromatic carbocycles. The molecule has 2 aromatic rings. The number of methoxy groups -OCH3 is 1. The summed E-state index contributed by atoms with van der Waals surface area (Å²) in [7, 11) is 5.45. The molecule has 1 aromatic heterocycles. The smallest absolute Gasteiger partial charge is 0.324 e. The number of anilines is 2. The Morgan fingerprint density at radius 1 is 1.19 bits per heavy atom. The van der Waals surface area contributed by atoms with Crippen molar-refractivity contribution in [1.82, 2.24) is 20.2 Å². The van der Waals surface area contributed by atoms with Crippen molar-refractivity contribution in [2.24, 2.45) is 0 Å². The molecular formula is C18H24N6O3. The monoisotopic (exact) mass is 372 g/mol. The van der Waals surface area contributed by atoms with Crippen molar-refractivity contribution in [1.29, 1.82) is 0 Å². The molecule has 1 heterocycles. The highest BCUT2D eigenvalue weighted by molar-refractivity contribution is 6.02. The van der Waals surface area contributed by atoms with Crippen LogP contribution in [-0.4, -0.2) is 61.1 Å². The Balaban J connectivity index is 2.01. The number of amides is 3. The van der Waals surface area contributed by atoms with Gasteiger partial charge in [0.05, 0.1) is 19.0 Å². The van der Waals surface area contributed by atoms with Crippen LogP contribution < -0.4 is 20.7 Å². The van der Waals surface area contributed by atoms with Gasteiger partial charge in [-0.3, -0.25) is 15.1 Å². The third-order valence-corrected chi connectivity index (χ3v) is 3.58. The van der Waals surface area contributed by atoms with E-state index in [1.54, 1.807) is 18.2 Å². The Hall–Kier alpha value is -3.20. The summed E-state index contributed by atoms with van der Waals surface area (Å²) in [5, 5.41) is 8.08. The quantitative estimate of drug-likeness (QED) is 0.610. The number of urea groups is 1. The lowest BCUT2D eigenvalue weighted by Crippen LogP contribution is -2.27. The fourth-order valence-corrected chi connectivity index (χ4v) is 2.28.